The van der Waals surface area contributed by atoms with E-state index in [9.17, 15) is 9.90 Å². The molecule has 2 saturated heterocycles. The molecule has 0 aliphatic carbocycles. The van der Waals surface area contributed by atoms with E-state index in [0.717, 1.165) is 63.5 Å². The van der Waals surface area contributed by atoms with Crippen molar-refractivity contribution < 1.29 is 9.84 Å². The summed E-state index contributed by atoms with van der Waals surface area (Å²) >= 11 is 3.65. The first-order valence-electron chi connectivity index (χ1n) is 12.9. The van der Waals surface area contributed by atoms with E-state index in [2.05, 4.69) is 56.5 Å². The highest BCUT2D eigenvalue weighted by Crippen LogP contribution is 2.51. The third kappa shape index (κ3) is 5.71. The molecule has 3 aliphatic heterocycles. The van der Waals surface area contributed by atoms with Gasteiger partial charge in [-0.3, -0.25) is 4.79 Å². The molecule has 0 radical (unpaired) electrons. The zero-order valence-electron chi connectivity index (χ0n) is 20.7. The van der Waals surface area contributed by atoms with Crippen LogP contribution in [0.5, 0.6) is 0 Å². The van der Waals surface area contributed by atoms with Crippen LogP contribution in [0.25, 0.3) is 0 Å². The lowest BCUT2D eigenvalue weighted by Crippen LogP contribution is -2.39. The summed E-state index contributed by atoms with van der Waals surface area (Å²) in [5.74, 6) is 0. The molecule has 2 fully saturated rings. The van der Waals surface area contributed by atoms with Crippen LogP contribution in [0.1, 0.15) is 24.5 Å². The second kappa shape index (κ2) is 11.1. The lowest BCUT2D eigenvalue weighted by molar-refractivity contribution is 0.0379. The predicted molar refractivity (Wildman–Crippen MR) is 149 cm³/mol. The van der Waals surface area contributed by atoms with Gasteiger partial charge >= 0.3 is 0 Å². The molecule has 0 saturated carbocycles. The van der Waals surface area contributed by atoms with Crippen molar-refractivity contribution in [3.8, 4) is 0 Å². The Hall–Kier alpha value is -2.43. The summed E-state index contributed by atoms with van der Waals surface area (Å²) in [4.78, 5) is 24.3. The number of piperidine rings is 1. The van der Waals surface area contributed by atoms with Crippen LogP contribution < -0.4 is 15.8 Å². The van der Waals surface area contributed by atoms with E-state index in [1.165, 1.54) is 25.1 Å². The quantitative estimate of drug-likeness (QED) is 0.334. The molecule has 3 N–H and O–H groups in total. The Balaban J connectivity index is 1.13. The van der Waals surface area contributed by atoms with Gasteiger partial charge < -0.3 is 29.9 Å². The monoisotopic (exact) mass is 536 g/mol. The molecule has 194 valence electrons. The molecule has 1 aromatic heterocycles. The molecule has 1 atom stereocenters. The number of rotatable bonds is 6. The summed E-state index contributed by atoms with van der Waals surface area (Å²) in [7, 11) is 0. The number of likely N-dealkylation sites (tertiary alicyclic amines) is 1. The molecule has 9 heteroatoms. The SMILES string of the molecule is O=c1cc(N2CCOC(c3cccc4c3Sc3ccc(NCCN5CCC(O)CC5)cc3S4)C2)cc[nH]1. The minimum Gasteiger partial charge on any atom is -0.393 e. The summed E-state index contributed by atoms with van der Waals surface area (Å²) in [6.45, 7) is 5.97. The molecular formula is C28H32N4O3S2. The van der Waals surface area contributed by atoms with Crippen molar-refractivity contribution in [1.29, 1.82) is 0 Å². The molecule has 7 nitrogen and oxygen atoms in total. The van der Waals surface area contributed by atoms with Crippen molar-refractivity contribution in [3.63, 3.8) is 0 Å². The van der Waals surface area contributed by atoms with E-state index >= 15 is 0 Å². The van der Waals surface area contributed by atoms with Crippen molar-refractivity contribution in [2.24, 2.45) is 0 Å². The van der Waals surface area contributed by atoms with Gasteiger partial charge in [-0.1, -0.05) is 35.7 Å². The Labute approximate surface area is 225 Å². The Kier molecular flexibility index (Phi) is 7.48. The minimum atomic E-state index is -0.124. The maximum atomic E-state index is 11.8. The van der Waals surface area contributed by atoms with Crippen molar-refractivity contribution >= 4 is 34.9 Å². The number of aliphatic hydroxyl groups is 1. The highest BCUT2D eigenvalue weighted by Gasteiger charge is 2.28. The average Bonchev–Trinajstić information content (AvgIpc) is 2.93. The summed E-state index contributed by atoms with van der Waals surface area (Å²) in [5.41, 5.74) is 3.21. The minimum absolute atomic E-state index is 0.0468. The van der Waals surface area contributed by atoms with E-state index in [-0.39, 0.29) is 17.8 Å². The normalized spacial score (nSPS) is 20.4. The fourth-order valence-electron chi connectivity index (χ4n) is 5.19. The van der Waals surface area contributed by atoms with E-state index in [4.69, 9.17) is 4.74 Å². The summed E-state index contributed by atoms with van der Waals surface area (Å²) in [6.07, 6.45) is 3.29. The van der Waals surface area contributed by atoms with E-state index in [0.29, 0.717) is 6.61 Å². The van der Waals surface area contributed by atoms with Crippen LogP contribution in [-0.4, -0.2) is 67.0 Å². The molecule has 0 bridgehead atoms. The smallest absolute Gasteiger partial charge is 0.249 e. The molecule has 3 aliphatic rings. The summed E-state index contributed by atoms with van der Waals surface area (Å²) in [5, 5.41) is 13.3. The molecule has 1 unspecified atom stereocenters. The lowest BCUT2D eigenvalue weighted by Gasteiger charge is -2.36. The topological polar surface area (TPSA) is 80.8 Å². The van der Waals surface area contributed by atoms with Crippen LogP contribution in [0, 0.1) is 0 Å². The molecule has 0 spiro atoms. The molecule has 37 heavy (non-hydrogen) atoms. The highest BCUT2D eigenvalue weighted by atomic mass is 32.2. The number of aromatic amines is 1. The zero-order valence-corrected chi connectivity index (χ0v) is 22.3. The number of hydrogen-bond donors (Lipinski definition) is 3. The lowest BCUT2D eigenvalue weighted by atomic mass is 10.1. The largest absolute Gasteiger partial charge is 0.393 e. The Morgan fingerprint density at radius 2 is 1.92 bits per heavy atom. The Bertz CT molecular complexity index is 1310. The molecule has 2 aromatic carbocycles. The van der Waals surface area contributed by atoms with Crippen LogP contribution in [0.3, 0.4) is 0 Å². The molecular weight excluding hydrogens is 504 g/mol. The van der Waals surface area contributed by atoms with E-state index in [1.807, 2.05) is 29.6 Å². The van der Waals surface area contributed by atoms with Crippen LogP contribution in [-0.2, 0) is 4.74 Å². The first-order valence-corrected chi connectivity index (χ1v) is 14.6. The molecule has 6 rings (SSSR count). The van der Waals surface area contributed by atoms with Crippen molar-refractivity contribution in [2.75, 3.05) is 56.1 Å². The average molecular weight is 537 g/mol. The number of nitrogens with zero attached hydrogens (tertiary/aromatic N) is 2. The van der Waals surface area contributed by atoms with Gasteiger partial charge in [0.05, 0.1) is 12.7 Å². The number of morpholine rings is 1. The maximum absolute atomic E-state index is 11.8. The third-order valence-electron chi connectivity index (χ3n) is 7.24. The van der Waals surface area contributed by atoms with Crippen molar-refractivity contribution in [2.45, 2.75) is 44.6 Å². The number of fused-ring (bicyclic) bond motifs is 2. The number of benzene rings is 2. The maximum Gasteiger partial charge on any atom is 0.249 e. The van der Waals surface area contributed by atoms with Crippen LogP contribution in [0.15, 0.2) is 79.1 Å². The number of aliphatic hydroxyl groups excluding tert-OH is 1. The van der Waals surface area contributed by atoms with E-state index < -0.39 is 0 Å². The number of aromatic nitrogens is 1. The van der Waals surface area contributed by atoms with Crippen LogP contribution >= 0.6 is 23.5 Å². The van der Waals surface area contributed by atoms with Gasteiger partial charge in [0.25, 0.3) is 0 Å². The fraction of sp³-hybridized carbons (Fsp3) is 0.393. The standard InChI is InChI=1S/C28H32N4O3S2/c33-21-7-11-31(12-8-21)13-10-29-19-4-5-24-26(16-19)36-25-3-1-2-22(28(25)37-24)23-18-32(14-15-35-23)20-6-9-30-27(34)17-20/h1-6,9,16-17,21,23,29,33H,7-8,10-15,18H2,(H,30,34). The molecule has 3 aromatic rings. The van der Waals surface area contributed by atoms with Gasteiger partial charge in [0.2, 0.25) is 5.56 Å². The zero-order chi connectivity index (χ0) is 25.2. The summed E-state index contributed by atoms with van der Waals surface area (Å²) < 4.78 is 6.24. The highest BCUT2D eigenvalue weighted by molar-refractivity contribution is 8.05. The van der Waals surface area contributed by atoms with Gasteiger partial charge in [-0.15, -0.1) is 0 Å². The van der Waals surface area contributed by atoms with Gasteiger partial charge in [0.15, 0.2) is 0 Å². The molecule has 4 heterocycles. The first-order chi connectivity index (χ1) is 18.1. The van der Waals surface area contributed by atoms with Crippen LogP contribution in [0.2, 0.25) is 0 Å². The number of anilines is 2. The van der Waals surface area contributed by atoms with Crippen molar-refractivity contribution in [3.05, 3.63) is 70.6 Å². The van der Waals surface area contributed by atoms with Gasteiger partial charge in [-0.2, -0.15) is 0 Å². The predicted octanol–water partition coefficient (Wildman–Crippen LogP) is 4.44. The van der Waals surface area contributed by atoms with Crippen molar-refractivity contribution in [1.82, 2.24) is 9.88 Å². The fourth-order valence-corrected chi connectivity index (χ4v) is 7.64. The van der Waals surface area contributed by atoms with Crippen LogP contribution in [0.4, 0.5) is 11.4 Å². The first kappa shape index (κ1) is 24.9. The summed E-state index contributed by atoms with van der Waals surface area (Å²) in [6, 6.07) is 16.8. The number of H-pyrrole nitrogens is 1. The second-order valence-corrected chi connectivity index (χ2v) is 11.9. The number of ether oxygens (including phenoxy) is 1. The van der Waals surface area contributed by atoms with Gasteiger partial charge in [0, 0.05) is 82.5 Å². The Morgan fingerprint density at radius 1 is 1.03 bits per heavy atom. The number of hydrogen-bond acceptors (Lipinski definition) is 8. The van der Waals surface area contributed by atoms with Gasteiger partial charge in [-0.25, -0.2) is 0 Å². The third-order valence-corrected chi connectivity index (χ3v) is 9.85. The second-order valence-electron chi connectivity index (χ2n) is 9.76. The van der Waals surface area contributed by atoms with E-state index in [1.54, 1.807) is 12.3 Å². The Morgan fingerprint density at radius 3 is 2.78 bits per heavy atom. The number of nitrogens with one attached hydrogen (secondary N) is 2. The number of pyridine rings is 1. The molecule has 0 amide bonds. The van der Waals surface area contributed by atoms with Gasteiger partial charge in [-0.05, 0) is 48.7 Å². The van der Waals surface area contributed by atoms with Gasteiger partial charge in [0.1, 0.15) is 6.10 Å².